The lowest BCUT2D eigenvalue weighted by Crippen LogP contribution is -2.39. The Bertz CT molecular complexity index is 828. The molecular formula is C19H27Cl2N3O3S. The number of likely N-dealkylation sites (tertiary alicyclic amines) is 1. The number of hydrogen-bond acceptors (Lipinski definition) is 4. The summed E-state index contributed by atoms with van der Waals surface area (Å²) < 4.78 is 27.5. The highest BCUT2D eigenvalue weighted by Crippen LogP contribution is 2.30. The number of amides is 1. The Kier molecular flexibility index (Phi) is 7.26. The van der Waals surface area contributed by atoms with Gasteiger partial charge < -0.3 is 10.2 Å². The fraction of sp³-hybridized carbons (Fsp3) is 0.632. The van der Waals surface area contributed by atoms with Crippen molar-refractivity contribution in [1.29, 1.82) is 0 Å². The third-order valence-corrected chi connectivity index (χ3v) is 7.60. The van der Waals surface area contributed by atoms with Crippen molar-refractivity contribution in [2.24, 2.45) is 0 Å². The molecule has 1 unspecified atom stereocenters. The summed E-state index contributed by atoms with van der Waals surface area (Å²) in [6, 6.07) is 3.11. The molecule has 1 saturated heterocycles. The summed E-state index contributed by atoms with van der Waals surface area (Å²) >= 11 is 12.2. The third-order valence-electron chi connectivity index (χ3n) is 5.30. The van der Waals surface area contributed by atoms with Crippen LogP contribution in [-0.4, -0.2) is 50.9 Å². The normalized spacial score (nSPS) is 20.9. The average Bonchev–Trinajstić information content (AvgIpc) is 3.43. The van der Waals surface area contributed by atoms with Gasteiger partial charge in [0, 0.05) is 25.2 Å². The van der Waals surface area contributed by atoms with Gasteiger partial charge in [-0.2, -0.15) is 0 Å². The van der Waals surface area contributed by atoms with Crippen LogP contribution in [0, 0.1) is 0 Å². The number of rotatable bonds is 8. The van der Waals surface area contributed by atoms with Gasteiger partial charge in [0.25, 0.3) is 5.91 Å². The number of nitrogens with one attached hydrogen (secondary N) is 2. The molecule has 0 aromatic heterocycles. The molecule has 1 saturated carbocycles. The maximum Gasteiger partial charge on any atom is 0.252 e. The fourth-order valence-electron chi connectivity index (χ4n) is 3.46. The first-order valence-electron chi connectivity index (χ1n) is 9.81. The van der Waals surface area contributed by atoms with E-state index in [1.165, 1.54) is 31.4 Å². The maximum absolute atomic E-state index is 12.5. The van der Waals surface area contributed by atoms with Crippen molar-refractivity contribution in [2.45, 2.75) is 62.4 Å². The molecule has 3 rings (SSSR count). The highest BCUT2D eigenvalue weighted by atomic mass is 35.5. The molecular weight excluding hydrogens is 421 g/mol. The molecule has 28 heavy (non-hydrogen) atoms. The van der Waals surface area contributed by atoms with E-state index >= 15 is 0 Å². The minimum Gasteiger partial charge on any atom is -0.352 e. The maximum atomic E-state index is 12.5. The van der Waals surface area contributed by atoms with Crippen LogP contribution in [-0.2, 0) is 10.0 Å². The molecule has 1 aliphatic carbocycles. The number of piperidine rings is 1. The predicted octanol–water partition coefficient (Wildman–Crippen LogP) is 3.43. The van der Waals surface area contributed by atoms with Crippen LogP contribution < -0.4 is 10.0 Å². The van der Waals surface area contributed by atoms with Crippen LogP contribution in [0.15, 0.2) is 17.0 Å². The quantitative estimate of drug-likeness (QED) is 0.598. The van der Waals surface area contributed by atoms with E-state index in [1.807, 2.05) is 0 Å². The van der Waals surface area contributed by atoms with E-state index in [0.29, 0.717) is 12.6 Å². The van der Waals surface area contributed by atoms with Gasteiger partial charge in [0.15, 0.2) is 0 Å². The van der Waals surface area contributed by atoms with E-state index in [-0.39, 0.29) is 26.5 Å². The second-order valence-corrected chi connectivity index (χ2v) is 10.1. The van der Waals surface area contributed by atoms with Crippen LogP contribution in [0.2, 0.25) is 10.0 Å². The predicted molar refractivity (Wildman–Crippen MR) is 112 cm³/mol. The average molecular weight is 448 g/mol. The Balaban J connectivity index is 1.60. The van der Waals surface area contributed by atoms with Crippen molar-refractivity contribution < 1.29 is 13.2 Å². The lowest BCUT2D eigenvalue weighted by molar-refractivity contribution is 0.0949. The minimum atomic E-state index is -3.77. The van der Waals surface area contributed by atoms with Crippen LogP contribution in [0.3, 0.4) is 0 Å². The molecule has 9 heteroatoms. The zero-order valence-corrected chi connectivity index (χ0v) is 18.3. The topological polar surface area (TPSA) is 78.5 Å². The fourth-order valence-corrected chi connectivity index (χ4v) is 5.63. The first kappa shape index (κ1) is 21.8. The second kappa shape index (κ2) is 9.30. The molecule has 1 aromatic carbocycles. The van der Waals surface area contributed by atoms with Gasteiger partial charge in [0.1, 0.15) is 4.90 Å². The summed E-state index contributed by atoms with van der Waals surface area (Å²) in [6.07, 6.45) is 6.18. The lowest BCUT2D eigenvalue weighted by Gasteiger charge is -2.33. The Morgan fingerprint density at radius 3 is 2.61 bits per heavy atom. The third kappa shape index (κ3) is 5.60. The number of nitrogens with zero attached hydrogens (tertiary/aromatic N) is 1. The molecule has 0 spiro atoms. The van der Waals surface area contributed by atoms with Gasteiger partial charge in [-0.25, -0.2) is 13.1 Å². The smallest absolute Gasteiger partial charge is 0.252 e. The first-order chi connectivity index (χ1) is 13.3. The monoisotopic (exact) mass is 447 g/mol. The van der Waals surface area contributed by atoms with Crippen LogP contribution in [0.5, 0.6) is 0 Å². The highest BCUT2D eigenvalue weighted by molar-refractivity contribution is 7.89. The zero-order valence-electron chi connectivity index (χ0n) is 16.0. The standard InChI is InChI=1S/C19H27Cl2N3O3S/c1-13-5-2-3-9-24(13)10-4-8-22-19(25)15-11-18(17(21)12-16(15)20)28(26,27)23-14-6-7-14/h11-14,23H,2-10H2,1H3,(H,22,25). The Hall–Kier alpha value is -0.860. The van der Waals surface area contributed by atoms with Gasteiger partial charge in [-0.1, -0.05) is 29.6 Å². The van der Waals surface area contributed by atoms with Crippen molar-refractivity contribution in [1.82, 2.24) is 14.9 Å². The SMILES string of the molecule is CC1CCCCN1CCCNC(=O)c1cc(S(=O)(=O)NC2CC2)c(Cl)cc1Cl. The van der Waals surface area contributed by atoms with Crippen molar-refractivity contribution >= 4 is 39.1 Å². The Morgan fingerprint density at radius 2 is 1.93 bits per heavy atom. The van der Waals surface area contributed by atoms with Crippen molar-refractivity contribution in [2.75, 3.05) is 19.6 Å². The van der Waals surface area contributed by atoms with Crippen molar-refractivity contribution in [3.8, 4) is 0 Å². The van der Waals surface area contributed by atoms with E-state index in [1.54, 1.807) is 0 Å². The molecule has 1 atom stereocenters. The number of benzene rings is 1. The minimum absolute atomic E-state index is 0.00814. The van der Waals surface area contributed by atoms with E-state index < -0.39 is 15.9 Å². The van der Waals surface area contributed by atoms with E-state index in [0.717, 1.165) is 32.4 Å². The summed E-state index contributed by atoms with van der Waals surface area (Å²) in [5, 5.41) is 2.98. The molecule has 1 amide bonds. The largest absolute Gasteiger partial charge is 0.352 e. The number of carbonyl (C=O) groups excluding carboxylic acids is 1. The van der Waals surface area contributed by atoms with Gasteiger partial charge in [0.05, 0.1) is 15.6 Å². The Labute approximate surface area is 177 Å². The molecule has 0 radical (unpaired) electrons. The molecule has 2 fully saturated rings. The number of halogens is 2. The van der Waals surface area contributed by atoms with Crippen molar-refractivity contribution in [3.05, 3.63) is 27.7 Å². The molecule has 2 aliphatic rings. The van der Waals surface area contributed by atoms with Crippen LogP contribution in [0.25, 0.3) is 0 Å². The second-order valence-electron chi connectivity index (χ2n) is 7.65. The number of hydrogen-bond donors (Lipinski definition) is 2. The van der Waals surface area contributed by atoms with Crippen LogP contribution >= 0.6 is 23.2 Å². The first-order valence-corrected chi connectivity index (χ1v) is 12.1. The molecule has 1 aliphatic heterocycles. The van der Waals surface area contributed by atoms with E-state index in [4.69, 9.17) is 23.2 Å². The summed E-state index contributed by atoms with van der Waals surface area (Å²) in [6.45, 7) is 4.78. The van der Waals surface area contributed by atoms with Gasteiger partial charge in [0.2, 0.25) is 10.0 Å². The molecule has 1 heterocycles. The van der Waals surface area contributed by atoms with Crippen LogP contribution in [0.4, 0.5) is 0 Å². The number of carbonyl (C=O) groups is 1. The Morgan fingerprint density at radius 1 is 1.18 bits per heavy atom. The zero-order chi connectivity index (χ0) is 20.3. The summed E-state index contributed by atoms with van der Waals surface area (Å²) in [5.41, 5.74) is 0.119. The van der Waals surface area contributed by atoms with Gasteiger partial charge >= 0.3 is 0 Å². The van der Waals surface area contributed by atoms with E-state index in [2.05, 4.69) is 21.9 Å². The summed E-state index contributed by atoms with van der Waals surface area (Å²) in [5.74, 6) is -0.392. The van der Waals surface area contributed by atoms with Gasteiger partial charge in [-0.15, -0.1) is 0 Å². The molecule has 0 bridgehead atoms. The molecule has 156 valence electrons. The highest BCUT2D eigenvalue weighted by Gasteiger charge is 2.30. The summed E-state index contributed by atoms with van der Waals surface area (Å²) in [7, 11) is -3.77. The molecule has 2 N–H and O–H groups in total. The van der Waals surface area contributed by atoms with E-state index in [9.17, 15) is 13.2 Å². The summed E-state index contributed by atoms with van der Waals surface area (Å²) in [4.78, 5) is 14.9. The van der Waals surface area contributed by atoms with Gasteiger partial charge in [-0.05, 0) is 57.7 Å². The van der Waals surface area contributed by atoms with Crippen molar-refractivity contribution in [3.63, 3.8) is 0 Å². The number of sulfonamides is 1. The molecule has 1 aromatic rings. The molecule has 6 nitrogen and oxygen atoms in total. The lowest BCUT2D eigenvalue weighted by atomic mass is 10.0. The van der Waals surface area contributed by atoms with Crippen LogP contribution in [0.1, 0.15) is 55.8 Å². The van der Waals surface area contributed by atoms with Gasteiger partial charge in [-0.3, -0.25) is 4.79 Å².